The number of benzene rings is 3. The standard InChI is InChI=1S/C23H26N2O2/c1-16(21-10-6-8-19-7-4-5-9-22(19)21)25-17(2)23(26)24-15-18-11-13-20(27-3)14-12-18/h4-14,16-17,25H,15H2,1-3H3,(H,24,26)/t16-,17+/m1/s1. The maximum Gasteiger partial charge on any atom is 0.237 e. The number of amides is 1. The van der Waals surface area contributed by atoms with E-state index in [0.717, 1.165) is 11.3 Å². The van der Waals surface area contributed by atoms with Crippen molar-refractivity contribution in [3.63, 3.8) is 0 Å². The van der Waals surface area contributed by atoms with Crippen molar-refractivity contribution in [2.24, 2.45) is 0 Å². The smallest absolute Gasteiger partial charge is 0.237 e. The van der Waals surface area contributed by atoms with E-state index in [2.05, 4.69) is 47.9 Å². The van der Waals surface area contributed by atoms with Gasteiger partial charge in [0.05, 0.1) is 13.2 Å². The van der Waals surface area contributed by atoms with Gasteiger partial charge in [-0.05, 0) is 47.9 Å². The maximum atomic E-state index is 12.5. The van der Waals surface area contributed by atoms with Crippen LogP contribution in [0.25, 0.3) is 10.8 Å². The summed E-state index contributed by atoms with van der Waals surface area (Å²) >= 11 is 0. The van der Waals surface area contributed by atoms with Crippen molar-refractivity contribution in [3.05, 3.63) is 77.9 Å². The van der Waals surface area contributed by atoms with Gasteiger partial charge in [0.25, 0.3) is 0 Å². The Morgan fingerprint density at radius 1 is 0.963 bits per heavy atom. The number of carbonyl (C=O) groups excluding carboxylic acids is 1. The minimum atomic E-state index is -0.294. The average molecular weight is 362 g/mol. The van der Waals surface area contributed by atoms with E-state index in [-0.39, 0.29) is 18.0 Å². The summed E-state index contributed by atoms with van der Waals surface area (Å²) in [5.41, 5.74) is 2.24. The van der Waals surface area contributed by atoms with E-state index in [1.807, 2.05) is 43.3 Å². The highest BCUT2D eigenvalue weighted by Crippen LogP contribution is 2.24. The van der Waals surface area contributed by atoms with E-state index in [1.54, 1.807) is 7.11 Å². The van der Waals surface area contributed by atoms with Crippen molar-refractivity contribution in [2.75, 3.05) is 7.11 Å². The second-order valence-electron chi connectivity index (χ2n) is 6.74. The van der Waals surface area contributed by atoms with Crippen LogP contribution in [0.3, 0.4) is 0 Å². The van der Waals surface area contributed by atoms with E-state index in [4.69, 9.17) is 4.74 Å². The normalized spacial score (nSPS) is 13.1. The van der Waals surface area contributed by atoms with Crippen LogP contribution in [0.1, 0.15) is 31.0 Å². The molecule has 0 spiro atoms. The van der Waals surface area contributed by atoms with Gasteiger partial charge in [-0.1, -0.05) is 54.6 Å². The molecule has 4 nitrogen and oxygen atoms in total. The van der Waals surface area contributed by atoms with E-state index >= 15 is 0 Å². The van der Waals surface area contributed by atoms with E-state index in [1.165, 1.54) is 16.3 Å². The Kier molecular flexibility index (Phi) is 6.09. The van der Waals surface area contributed by atoms with Gasteiger partial charge in [-0.2, -0.15) is 0 Å². The predicted molar refractivity (Wildman–Crippen MR) is 110 cm³/mol. The SMILES string of the molecule is COc1ccc(CNC(=O)[C@H](C)N[C@H](C)c2cccc3ccccc23)cc1. The zero-order chi connectivity index (χ0) is 19.2. The molecule has 0 aliphatic rings. The Morgan fingerprint density at radius 2 is 1.67 bits per heavy atom. The molecule has 0 radical (unpaired) electrons. The van der Waals surface area contributed by atoms with Gasteiger partial charge in [0.2, 0.25) is 5.91 Å². The number of carbonyl (C=O) groups is 1. The number of fused-ring (bicyclic) bond motifs is 1. The van der Waals surface area contributed by atoms with Crippen molar-refractivity contribution in [1.82, 2.24) is 10.6 Å². The lowest BCUT2D eigenvalue weighted by atomic mass is 9.99. The van der Waals surface area contributed by atoms with Gasteiger partial charge < -0.3 is 10.1 Å². The first kappa shape index (κ1) is 18.9. The molecule has 3 aromatic carbocycles. The van der Waals surface area contributed by atoms with Crippen LogP contribution in [0.15, 0.2) is 66.7 Å². The molecular formula is C23H26N2O2. The van der Waals surface area contributed by atoms with Gasteiger partial charge >= 0.3 is 0 Å². The fraction of sp³-hybridized carbons (Fsp3) is 0.261. The molecule has 3 rings (SSSR count). The molecule has 1 amide bonds. The molecule has 27 heavy (non-hydrogen) atoms. The van der Waals surface area contributed by atoms with E-state index in [9.17, 15) is 4.79 Å². The highest BCUT2D eigenvalue weighted by atomic mass is 16.5. The summed E-state index contributed by atoms with van der Waals surface area (Å²) in [5, 5.41) is 8.82. The Morgan fingerprint density at radius 3 is 2.41 bits per heavy atom. The molecular weight excluding hydrogens is 336 g/mol. The molecule has 0 saturated heterocycles. The Hall–Kier alpha value is -2.85. The largest absolute Gasteiger partial charge is 0.497 e. The lowest BCUT2D eigenvalue weighted by Crippen LogP contribution is -2.42. The molecule has 0 aliphatic heterocycles. The van der Waals surface area contributed by atoms with Gasteiger partial charge in [0, 0.05) is 12.6 Å². The molecule has 2 N–H and O–H groups in total. The fourth-order valence-electron chi connectivity index (χ4n) is 3.25. The maximum absolute atomic E-state index is 12.5. The van der Waals surface area contributed by atoms with Crippen molar-refractivity contribution < 1.29 is 9.53 Å². The molecule has 140 valence electrons. The number of rotatable bonds is 7. The van der Waals surface area contributed by atoms with Crippen molar-refractivity contribution in [1.29, 1.82) is 0 Å². The molecule has 0 saturated carbocycles. The summed E-state index contributed by atoms with van der Waals surface area (Å²) in [7, 11) is 1.64. The van der Waals surface area contributed by atoms with Gasteiger partial charge in [-0.15, -0.1) is 0 Å². The number of ether oxygens (including phenoxy) is 1. The summed E-state index contributed by atoms with van der Waals surface area (Å²) in [4.78, 5) is 12.5. The first-order chi connectivity index (χ1) is 13.1. The van der Waals surface area contributed by atoms with Crippen molar-refractivity contribution in [3.8, 4) is 5.75 Å². The minimum Gasteiger partial charge on any atom is -0.497 e. The summed E-state index contributed by atoms with van der Waals surface area (Å²) in [6, 6.07) is 22.1. The third-order valence-corrected chi connectivity index (χ3v) is 4.81. The minimum absolute atomic E-state index is 0.0158. The molecule has 0 heterocycles. The predicted octanol–water partition coefficient (Wildman–Crippen LogP) is 4.20. The van der Waals surface area contributed by atoms with E-state index < -0.39 is 0 Å². The van der Waals surface area contributed by atoms with Crippen molar-refractivity contribution in [2.45, 2.75) is 32.5 Å². The summed E-state index contributed by atoms with van der Waals surface area (Å²) in [6.45, 7) is 4.48. The van der Waals surface area contributed by atoms with Gasteiger partial charge in [-0.3, -0.25) is 10.1 Å². The number of methoxy groups -OCH3 is 1. The second kappa shape index (κ2) is 8.69. The summed E-state index contributed by atoms with van der Waals surface area (Å²) in [6.07, 6.45) is 0. The molecule has 0 bridgehead atoms. The van der Waals surface area contributed by atoms with Crippen LogP contribution in [0.4, 0.5) is 0 Å². The van der Waals surface area contributed by atoms with Gasteiger partial charge in [0.15, 0.2) is 0 Å². The van der Waals surface area contributed by atoms with Crippen LogP contribution in [-0.2, 0) is 11.3 Å². The Balaban J connectivity index is 1.59. The lowest BCUT2D eigenvalue weighted by Gasteiger charge is -2.21. The Labute approximate surface area is 160 Å². The van der Waals surface area contributed by atoms with Crippen molar-refractivity contribution >= 4 is 16.7 Å². The van der Waals surface area contributed by atoms with Crippen LogP contribution in [0.2, 0.25) is 0 Å². The van der Waals surface area contributed by atoms with Gasteiger partial charge in [-0.25, -0.2) is 0 Å². The molecule has 0 aliphatic carbocycles. The molecule has 0 aromatic heterocycles. The third-order valence-electron chi connectivity index (χ3n) is 4.81. The topological polar surface area (TPSA) is 50.4 Å². The highest BCUT2D eigenvalue weighted by Gasteiger charge is 2.17. The van der Waals surface area contributed by atoms with Gasteiger partial charge in [0.1, 0.15) is 5.75 Å². The fourth-order valence-corrected chi connectivity index (χ4v) is 3.25. The molecule has 0 unspecified atom stereocenters. The molecule has 2 atom stereocenters. The molecule has 0 fully saturated rings. The number of hydrogen-bond acceptors (Lipinski definition) is 3. The van der Waals surface area contributed by atoms with Crippen LogP contribution in [0, 0.1) is 0 Å². The second-order valence-corrected chi connectivity index (χ2v) is 6.74. The summed E-state index contributed by atoms with van der Waals surface area (Å²) in [5.74, 6) is 0.793. The zero-order valence-corrected chi connectivity index (χ0v) is 16.0. The number of nitrogens with one attached hydrogen (secondary N) is 2. The van der Waals surface area contributed by atoms with E-state index in [0.29, 0.717) is 6.54 Å². The first-order valence-corrected chi connectivity index (χ1v) is 9.23. The molecule has 3 aromatic rings. The third kappa shape index (κ3) is 4.66. The van der Waals surface area contributed by atoms with Crippen LogP contribution in [0.5, 0.6) is 5.75 Å². The first-order valence-electron chi connectivity index (χ1n) is 9.23. The lowest BCUT2D eigenvalue weighted by molar-refractivity contribution is -0.123. The monoisotopic (exact) mass is 362 g/mol. The Bertz CT molecular complexity index is 900. The average Bonchev–Trinajstić information content (AvgIpc) is 2.71. The van der Waals surface area contributed by atoms with Crippen LogP contribution < -0.4 is 15.4 Å². The summed E-state index contributed by atoms with van der Waals surface area (Å²) < 4.78 is 5.15. The zero-order valence-electron chi connectivity index (χ0n) is 16.0. The highest BCUT2D eigenvalue weighted by molar-refractivity contribution is 5.86. The number of hydrogen-bond donors (Lipinski definition) is 2. The molecule has 4 heteroatoms. The quantitative estimate of drug-likeness (QED) is 0.662. The van der Waals surface area contributed by atoms with Crippen LogP contribution in [-0.4, -0.2) is 19.1 Å². The van der Waals surface area contributed by atoms with Crippen LogP contribution >= 0.6 is 0 Å².